The van der Waals surface area contributed by atoms with Crippen molar-refractivity contribution in [1.82, 2.24) is 5.32 Å². The molecule has 0 saturated carbocycles. The second kappa shape index (κ2) is 11.1. The summed E-state index contributed by atoms with van der Waals surface area (Å²) in [6, 6.07) is 7.79. The molecule has 0 radical (unpaired) electrons. The van der Waals surface area contributed by atoms with Crippen molar-refractivity contribution in [2.75, 3.05) is 11.9 Å². The molecule has 1 rings (SSSR count). The number of unbranched alkanes of at least 4 members (excludes halogenated alkanes) is 3. The van der Waals surface area contributed by atoms with Crippen molar-refractivity contribution in [2.24, 2.45) is 0 Å². The van der Waals surface area contributed by atoms with Gasteiger partial charge in [-0.25, -0.2) is 4.79 Å². The van der Waals surface area contributed by atoms with E-state index in [1.54, 1.807) is 0 Å². The van der Waals surface area contributed by atoms with Gasteiger partial charge in [0.1, 0.15) is 0 Å². The molecule has 0 aliphatic rings. The molecule has 1 atom stereocenters. The van der Waals surface area contributed by atoms with Crippen LogP contribution in [0.3, 0.4) is 0 Å². The first-order valence-electron chi connectivity index (χ1n) is 8.40. The normalized spacial score (nSPS) is 12.0. The molecule has 0 heterocycles. The van der Waals surface area contributed by atoms with Crippen molar-refractivity contribution in [3.8, 4) is 0 Å². The van der Waals surface area contributed by atoms with E-state index in [2.05, 4.69) is 24.5 Å². The third kappa shape index (κ3) is 7.46. The number of hydrogen-bond donors (Lipinski definition) is 2. The Morgan fingerprint density at radius 1 is 1.18 bits per heavy atom. The van der Waals surface area contributed by atoms with Crippen molar-refractivity contribution >= 4 is 11.7 Å². The zero-order valence-electron chi connectivity index (χ0n) is 14.2. The molecular formula is C18H30N2O2. The van der Waals surface area contributed by atoms with Crippen LogP contribution in [0, 0.1) is 0 Å². The van der Waals surface area contributed by atoms with Crippen molar-refractivity contribution in [3.05, 3.63) is 29.8 Å². The van der Waals surface area contributed by atoms with E-state index in [9.17, 15) is 4.79 Å². The lowest BCUT2D eigenvalue weighted by Gasteiger charge is -2.16. The number of para-hydroxylation sites is 1. The molecule has 0 bridgehead atoms. The van der Waals surface area contributed by atoms with Crippen molar-refractivity contribution < 1.29 is 9.53 Å². The summed E-state index contributed by atoms with van der Waals surface area (Å²) in [4.78, 5) is 12.1. The molecule has 0 aliphatic carbocycles. The molecule has 4 heteroatoms. The first-order chi connectivity index (χ1) is 10.7. The van der Waals surface area contributed by atoms with E-state index in [1.807, 2.05) is 31.2 Å². The topological polar surface area (TPSA) is 50.4 Å². The molecule has 1 aromatic carbocycles. The van der Waals surface area contributed by atoms with Gasteiger partial charge in [0.25, 0.3) is 0 Å². The number of urea groups is 1. The predicted octanol–water partition coefficient (Wildman–Crippen LogP) is 4.70. The van der Waals surface area contributed by atoms with Crippen LogP contribution in [0.1, 0.15) is 58.4 Å². The van der Waals surface area contributed by atoms with Crippen LogP contribution in [-0.4, -0.2) is 18.7 Å². The summed E-state index contributed by atoms with van der Waals surface area (Å²) in [6.45, 7) is 7.39. The van der Waals surface area contributed by atoms with Crippen molar-refractivity contribution in [3.63, 3.8) is 0 Å². The molecule has 4 nitrogen and oxygen atoms in total. The number of carbonyl (C=O) groups excluding carboxylic acids is 1. The summed E-state index contributed by atoms with van der Waals surface area (Å²) in [6.07, 6.45) is 5.92. The van der Waals surface area contributed by atoms with E-state index >= 15 is 0 Å². The Kier molecular flexibility index (Phi) is 9.31. The number of benzene rings is 1. The van der Waals surface area contributed by atoms with Gasteiger partial charge in [-0.1, -0.05) is 50.8 Å². The Balaban J connectivity index is 2.41. The number of rotatable bonds is 10. The fourth-order valence-electron chi connectivity index (χ4n) is 2.31. The Labute approximate surface area is 134 Å². The Morgan fingerprint density at radius 3 is 2.68 bits per heavy atom. The number of carbonyl (C=O) groups is 1. The lowest BCUT2D eigenvalue weighted by Crippen LogP contribution is -2.36. The average Bonchev–Trinajstić information content (AvgIpc) is 2.50. The minimum absolute atomic E-state index is 0.146. The molecule has 0 saturated heterocycles. The van der Waals surface area contributed by atoms with E-state index in [0.29, 0.717) is 13.2 Å². The van der Waals surface area contributed by atoms with Crippen LogP contribution in [0.15, 0.2) is 24.3 Å². The lowest BCUT2D eigenvalue weighted by atomic mass is 10.1. The predicted molar refractivity (Wildman–Crippen MR) is 92.1 cm³/mol. The molecule has 1 unspecified atom stereocenters. The van der Waals surface area contributed by atoms with Crippen LogP contribution in [0.2, 0.25) is 0 Å². The van der Waals surface area contributed by atoms with Gasteiger partial charge in [-0.2, -0.15) is 0 Å². The highest BCUT2D eigenvalue weighted by Gasteiger charge is 2.09. The molecule has 0 aliphatic heterocycles. The zero-order valence-corrected chi connectivity index (χ0v) is 14.2. The monoisotopic (exact) mass is 306 g/mol. The van der Waals surface area contributed by atoms with E-state index < -0.39 is 0 Å². The van der Waals surface area contributed by atoms with Gasteiger partial charge in [0.05, 0.1) is 6.61 Å². The number of nitrogens with one attached hydrogen (secondary N) is 2. The fraction of sp³-hybridized carbons (Fsp3) is 0.611. The highest BCUT2D eigenvalue weighted by molar-refractivity contribution is 5.90. The first-order valence-corrected chi connectivity index (χ1v) is 8.40. The van der Waals surface area contributed by atoms with Gasteiger partial charge in [-0.3, -0.25) is 0 Å². The summed E-state index contributed by atoms with van der Waals surface area (Å²) in [5.74, 6) is 0. The second-order valence-electron chi connectivity index (χ2n) is 5.64. The molecule has 1 aromatic rings. The SMILES string of the molecule is CCCCCCC(C)NC(=O)Nc1ccccc1COCC. The van der Waals surface area contributed by atoms with Gasteiger partial charge in [-0.15, -0.1) is 0 Å². The molecule has 124 valence electrons. The van der Waals surface area contributed by atoms with Gasteiger partial charge >= 0.3 is 6.03 Å². The molecule has 0 aromatic heterocycles. The number of ether oxygens (including phenoxy) is 1. The Morgan fingerprint density at radius 2 is 1.95 bits per heavy atom. The van der Waals surface area contributed by atoms with Gasteiger partial charge in [0.15, 0.2) is 0 Å². The highest BCUT2D eigenvalue weighted by Crippen LogP contribution is 2.16. The second-order valence-corrected chi connectivity index (χ2v) is 5.64. The summed E-state index contributed by atoms with van der Waals surface area (Å²) >= 11 is 0. The minimum atomic E-state index is -0.146. The maximum Gasteiger partial charge on any atom is 0.319 e. The lowest BCUT2D eigenvalue weighted by molar-refractivity contribution is 0.134. The fourth-order valence-corrected chi connectivity index (χ4v) is 2.31. The van der Waals surface area contributed by atoms with Crippen LogP contribution >= 0.6 is 0 Å². The Bertz CT molecular complexity index is 435. The first kappa shape index (κ1) is 18.5. The van der Waals surface area contributed by atoms with E-state index in [-0.39, 0.29) is 12.1 Å². The summed E-state index contributed by atoms with van der Waals surface area (Å²) in [7, 11) is 0. The van der Waals surface area contributed by atoms with Crippen LogP contribution in [0.5, 0.6) is 0 Å². The summed E-state index contributed by atoms with van der Waals surface area (Å²) < 4.78 is 5.43. The van der Waals surface area contributed by atoms with Gasteiger partial charge < -0.3 is 15.4 Å². The van der Waals surface area contributed by atoms with Crippen LogP contribution < -0.4 is 10.6 Å². The van der Waals surface area contributed by atoms with Crippen LogP contribution in [-0.2, 0) is 11.3 Å². The maximum atomic E-state index is 12.1. The third-order valence-corrected chi connectivity index (χ3v) is 3.60. The zero-order chi connectivity index (χ0) is 16.2. The van der Waals surface area contributed by atoms with E-state index in [0.717, 1.165) is 24.1 Å². The van der Waals surface area contributed by atoms with Gasteiger partial charge in [0, 0.05) is 23.9 Å². The molecule has 2 N–H and O–H groups in total. The summed E-state index contributed by atoms with van der Waals surface area (Å²) in [5, 5.41) is 5.92. The van der Waals surface area contributed by atoms with E-state index in [1.165, 1.54) is 19.3 Å². The molecule has 0 fully saturated rings. The maximum absolute atomic E-state index is 12.1. The largest absolute Gasteiger partial charge is 0.377 e. The quantitative estimate of drug-likeness (QED) is 0.615. The van der Waals surface area contributed by atoms with Gasteiger partial charge in [-0.05, 0) is 26.3 Å². The standard InChI is InChI=1S/C18H30N2O2/c1-4-6-7-8-11-15(3)19-18(21)20-17-13-10-9-12-16(17)14-22-5-2/h9-10,12-13,15H,4-8,11,14H2,1-3H3,(H2,19,20,21). The molecular weight excluding hydrogens is 276 g/mol. The van der Waals surface area contributed by atoms with Crippen molar-refractivity contribution in [2.45, 2.75) is 65.5 Å². The Hall–Kier alpha value is -1.55. The highest BCUT2D eigenvalue weighted by atomic mass is 16.5. The third-order valence-electron chi connectivity index (χ3n) is 3.60. The summed E-state index contributed by atoms with van der Waals surface area (Å²) in [5.41, 5.74) is 1.81. The molecule has 2 amide bonds. The van der Waals surface area contributed by atoms with Gasteiger partial charge in [0.2, 0.25) is 0 Å². The average molecular weight is 306 g/mol. The smallest absolute Gasteiger partial charge is 0.319 e. The molecule has 0 spiro atoms. The van der Waals surface area contributed by atoms with Crippen LogP contribution in [0.4, 0.5) is 10.5 Å². The van der Waals surface area contributed by atoms with Crippen molar-refractivity contribution in [1.29, 1.82) is 0 Å². The molecule has 22 heavy (non-hydrogen) atoms. The van der Waals surface area contributed by atoms with Crippen LogP contribution in [0.25, 0.3) is 0 Å². The minimum Gasteiger partial charge on any atom is -0.377 e. The number of anilines is 1. The van der Waals surface area contributed by atoms with E-state index in [4.69, 9.17) is 4.74 Å². The number of hydrogen-bond acceptors (Lipinski definition) is 2. The number of amides is 2.